The van der Waals surface area contributed by atoms with Crippen LogP contribution in [0.4, 0.5) is 0 Å². The summed E-state index contributed by atoms with van der Waals surface area (Å²) in [6.45, 7) is 4.12. The second-order valence-electron chi connectivity index (χ2n) is 6.25. The van der Waals surface area contributed by atoms with E-state index in [-0.39, 0.29) is 5.91 Å². The first-order valence-corrected chi connectivity index (χ1v) is 8.05. The molecule has 2 saturated heterocycles. The molecule has 0 saturated carbocycles. The van der Waals surface area contributed by atoms with Gasteiger partial charge in [0.25, 0.3) is 5.91 Å². The number of aliphatic hydroxyl groups is 1. The second kappa shape index (κ2) is 6.81. The van der Waals surface area contributed by atoms with Crippen LogP contribution in [0.2, 0.25) is 0 Å². The van der Waals surface area contributed by atoms with E-state index < -0.39 is 6.10 Å². The van der Waals surface area contributed by atoms with Gasteiger partial charge >= 0.3 is 0 Å². The van der Waals surface area contributed by atoms with Gasteiger partial charge in [-0.3, -0.25) is 9.69 Å². The summed E-state index contributed by atoms with van der Waals surface area (Å²) in [6.07, 6.45) is 3.40. The van der Waals surface area contributed by atoms with Gasteiger partial charge in [-0.25, -0.2) is 0 Å². The molecule has 1 atom stereocenters. The van der Waals surface area contributed by atoms with Crippen molar-refractivity contribution in [1.82, 2.24) is 14.4 Å². The van der Waals surface area contributed by atoms with Crippen molar-refractivity contribution >= 4 is 5.91 Å². The molecule has 6 nitrogen and oxygen atoms in total. The number of ether oxygens (including phenoxy) is 1. The summed E-state index contributed by atoms with van der Waals surface area (Å²) in [7, 11) is 1.87. The van der Waals surface area contributed by atoms with Crippen LogP contribution >= 0.6 is 0 Å². The van der Waals surface area contributed by atoms with E-state index in [9.17, 15) is 9.90 Å². The number of aryl methyl sites for hydroxylation is 1. The Hall–Kier alpha value is -1.37. The molecule has 1 aromatic heterocycles. The molecular formula is C16H25N3O3. The maximum absolute atomic E-state index is 12.6. The molecule has 1 N–H and O–H groups in total. The van der Waals surface area contributed by atoms with E-state index in [2.05, 4.69) is 4.90 Å². The van der Waals surface area contributed by atoms with Crippen LogP contribution < -0.4 is 0 Å². The largest absolute Gasteiger partial charge is 0.390 e. The lowest BCUT2D eigenvalue weighted by Crippen LogP contribution is -2.43. The van der Waals surface area contributed by atoms with Crippen molar-refractivity contribution in [3.8, 4) is 0 Å². The van der Waals surface area contributed by atoms with Crippen LogP contribution in [0.25, 0.3) is 0 Å². The van der Waals surface area contributed by atoms with Crippen LogP contribution in [-0.4, -0.2) is 76.9 Å². The van der Waals surface area contributed by atoms with Gasteiger partial charge in [0.15, 0.2) is 0 Å². The maximum atomic E-state index is 12.6. The minimum atomic E-state index is -0.491. The maximum Gasteiger partial charge on any atom is 0.270 e. The van der Waals surface area contributed by atoms with E-state index >= 15 is 0 Å². The summed E-state index contributed by atoms with van der Waals surface area (Å²) in [6, 6.07) is 4.17. The smallest absolute Gasteiger partial charge is 0.270 e. The number of aliphatic hydroxyl groups excluding tert-OH is 1. The summed E-state index contributed by atoms with van der Waals surface area (Å²) in [4.78, 5) is 16.7. The zero-order valence-electron chi connectivity index (χ0n) is 13.1. The van der Waals surface area contributed by atoms with Crippen LogP contribution in [-0.2, 0) is 11.8 Å². The van der Waals surface area contributed by atoms with Gasteiger partial charge < -0.3 is 19.3 Å². The second-order valence-corrected chi connectivity index (χ2v) is 6.25. The quantitative estimate of drug-likeness (QED) is 0.855. The monoisotopic (exact) mass is 307 g/mol. The molecule has 0 radical (unpaired) electrons. The van der Waals surface area contributed by atoms with Crippen molar-refractivity contribution < 1.29 is 14.6 Å². The van der Waals surface area contributed by atoms with E-state index in [1.54, 1.807) is 4.90 Å². The van der Waals surface area contributed by atoms with Crippen molar-refractivity contribution in [2.75, 3.05) is 39.4 Å². The zero-order chi connectivity index (χ0) is 15.5. The molecule has 122 valence electrons. The van der Waals surface area contributed by atoms with Gasteiger partial charge in [0, 0.05) is 58.7 Å². The van der Waals surface area contributed by atoms with Gasteiger partial charge in [0.1, 0.15) is 5.69 Å². The van der Waals surface area contributed by atoms with Gasteiger partial charge in [-0.2, -0.15) is 0 Å². The van der Waals surface area contributed by atoms with E-state index in [0.717, 1.165) is 32.6 Å². The molecule has 6 heteroatoms. The molecular weight excluding hydrogens is 282 g/mol. The van der Waals surface area contributed by atoms with Gasteiger partial charge in [-0.1, -0.05) is 0 Å². The topological polar surface area (TPSA) is 57.9 Å². The summed E-state index contributed by atoms with van der Waals surface area (Å²) in [5, 5.41) is 10.3. The summed E-state index contributed by atoms with van der Waals surface area (Å²) in [5.74, 6) is 0.000350. The molecule has 0 aliphatic carbocycles. The average molecular weight is 307 g/mol. The third-order valence-electron chi connectivity index (χ3n) is 4.69. The highest BCUT2D eigenvalue weighted by molar-refractivity contribution is 5.92. The Morgan fingerprint density at radius 1 is 1.27 bits per heavy atom. The van der Waals surface area contributed by atoms with Crippen molar-refractivity contribution in [1.29, 1.82) is 0 Å². The van der Waals surface area contributed by atoms with Gasteiger partial charge in [0.05, 0.1) is 6.10 Å². The fourth-order valence-corrected chi connectivity index (χ4v) is 3.43. The molecule has 0 unspecified atom stereocenters. The molecule has 22 heavy (non-hydrogen) atoms. The number of β-amino-alcohol motifs (C(OH)–C–C–N with tert-alkyl or cyclic N) is 1. The molecule has 1 amide bonds. The number of hydrogen-bond acceptors (Lipinski definition) is 4. The van der Waals surface area contributed by atoms with Gasteiger partial charge in [-0.05, 0) is 25.0 Å². The summed E-state index contributed by atoms with van der Waals surface area (Å²) < 4.78 is 7.24. The SMILES string of the molecule is Cn1cccc1C(=O)N1CCN(C2CCOCC2)C[C@@H](O)C1. The van der Waals surface area contributed by atoms with Crippen molar-refractivity contribution in [3.63, 3.8) is 0 Å². The average Bonchev–Trinajstić information content (AvgIpc) is 2.85. The first kappa shape index (κ1) is 15.5. The Kier molecular flexibility index (Phi) is 4.81. The fourth-order valence-electron chi connectivity index (χ4n) is 3.43. The third-order valence-corrected chi connectivity index (χ3v) is 4.69. The van der Waals surface area contributed by atoms with Crippen molar-refractivity contribution in [3.05, 3.63) is 24.0 Å². The van der Waals surface area contributed by atoms with Crippen LogP contribution in [0.1, 0.15) is 23.3 Å². The zero-order valence-corrected chi connectivity index (χ0v) is 13.1. The van der Waals surface area contributed by atoms with E-state index in [0.29, 0.717) is 31.4 Å². The Bertz CT molecular complexity index is 510. The Morgan fingerprint density at radius 3 is 2.73 bits per heavy atom. The van der Waals surface area contributed by atoms with E-state index in [4.69, 9.17) is 4.74 Å². The summed E-state index contributed by atoms with van der Waals surface area (Å²) >= 11 is 0. The molecule has 0 bridgehead atoms. The number of hydrogen-bond donors (Lipinski definition) is 1. The molecule has 0 spiro atoms. The number of carbonyl (C=O) groups excluding carboxylic acids is 1. The minimum Gasteiger partial charge on any atom is -0.390 e. The molecule has 3 heterocycles. The Balaban J connectivity index is 1.66. The lowest BCUT2D eigenvalue weighted by atomic mass is 10.1. The predicted molar refractivity (Wildman–Crippen MR) is 82.7 cm³/mol. The Morgan fingerprint density at radius 2 is 2.05 bits per heavy atom. The van der Waals surface area contributed by atoms with Crippen LogP contribution in [0.3, 0.4) is 0 Å². The number of aromatic nitrogens is 1. The number of rotatable bonds is 2. The Labute approximate surface area is 131 Å². The summed E-state index contributed by atoms with van der Waals surface area (Å²) in [5.41, 5.74) is 0.673. The highest BCUT2D eigenvalue weighted by atomic mass is 16.5. The minimum absolute atomic E-state index is 0.000350. The normalized spacial score (nSPS) is 25.2. The standard InChI is InChI=1S/C16H25N3O3/c1-17-6-2-3-15(17)16(21)19-8-7-18(11-14(20)12-19)13-4-9-22-10-5-13/h2-3,6,13-14,20H,4-5,7-12H2,1H3/t14-/m1/s1. The number of carbonyl (C=O) groups is 1. The first-order valence-electron chi connectivity index (χ1n) is 8.05. The van der Waals surface area contributed by atoms with Gasteiger partial charge in [-0.15, -0.1) is 0 Å². The number of amides is 1. The number of nitrogens with zero attached hydrogens (tertiary/aromatic N) is 3. The molecule has 3 rings (SSSR count). The fraction of sp³-hybridized carbons (Fsp3) is 0.688. The molecule has 2 aliphatic heterocycles. The predicted octanol–water partition coefficient (Wildman–Crippen LogP) is 0.323. The van der Waals surface area contributed by atoms with E-state index in [1.807, 2.05) is 29.9 Å². The van der Waals surface area contributed by atoms with Crippen LogP contribution in [0.5, 0.6) is 0 Å². The van der Waals surface area contributed by atoms with E-state index in [1.165, 1.54) is 0 Å². The molecule has 0 aromatic carbocycles. The highest BCUT2D eigenvalue weighted by Gasteiger charge is 2.30. The van der Waals surface area contributed by atoms with Crippen molar-refractivity contribution in [2.24, 2.45) is 7.05 Å². The van der Waals surface area contributed by atoms with Crippen LogP contribution in [0.15, 0.2) is 18.3 Å². The van der Waals surface area contributed by atoms with Crippen molar-refractivity contribution in [2.45, 2.75) is 25.0 Å². The molecule has 2 aliphatic rings. The lowest BCUT2D eigenvalue weighted by molar-refractivity contribution is 0.0217. The highest BCUT2D eigenvalue weighted by Crippen LogP contribution is 2.18. The lowest BCUT2D eigenvalue weighted by Gasteiger charge is -2.33. The van der Waals surface area contributed by atoms with Crippen LogP contribution in [0, 0.1) is 0 Å². The molecule has 2 fully saturated rings. The first-order chi connectivity index (χ1) is 10.6. The molecule has 1 aromatic rings. The van der Waals surface area contributed by atoms with Gasteiger partial charge in [0.2, 0.25) is 0 Å². The third kappa shape index (κ3) is 3.34.